The summed E-state index contributed by atoms with van der Waals surface area (Å²) in [4.78, 5) is 26.4. The zero-order chi connectivity index (χ0) is 14.7. The van der Waals surface area contributed by atoms with Crippen LogP contribution >= 0.6 is 0 Å². The molecule has 0 bridgehead atoms. The average molecular weight is 280 g/mol. The third-order valence-corrected chi connectivity index (χ3v) is 3.55. The molecule has 0 aliphatic carbocycles. The molecule has 1 aliphatic rings. The van der Waals surface area contributed by atoms with Crippen LogP contribution in [0.5, 0.6) is 0 Å². The van der Waals surface area contributed by atoms with Crippen molar-refractivity contribution in [1.29, 1.82) is 0 Å². The van der Waals surface area contributed by atoms with Crippen LogP contribution in [0.15, 0.2) is 16.5 Å². The van der Waals surface area contributed by atoms with E-state index in [9.17, 15) is 9.59 Å². The summed E-state index contributed by atoms with van der Waals surface area (Å²) in [6.07, 6.45) is 1.63. The molecule has 1 aliphatic heterocycles. The molecule has 0 radical (unpaired) electrons. The Morgan fingerprint density at radius 3 is 2.85 bits per heavy atom. The minimum absolute atomic E-state index is 0.0133. The van der Waals surface area contributed by atoms with Gasteiger partial charge >= 0.3 is 12.0 Å². The van der Waals surface area contributed by atoms with Crippen LogP contribution in [-0.4, -0.2) is 46.5 Å². The van der Waals surface area contributed by atoms with E-state index in [2.05, 4.69) is 0 Å². The first-order valence-corrected chi connectivity index (χ1v) is 6.76. The Morgan fingerprint density at radius 1 is 1.50 bits per heavy atom. The summed E-state index contributed by atoms with van der Waals surface area (Å²) in [7, 11) is 1.70. The third-order valence-electron chi connectivity index (χ3n) is 3.55. The molecule has 1 aromatic rings. The molecular formula is C14H20N2O4. The SMILES string of the molecule is Cc1ccc(CN(C)C(=O)N2CCCC2CC(=O)O)o1. The van der Waals surface area contributed by atoms with Crippen LogP contribution in [0.4, 0.5) is 4.79 Å². The fourth-order valence-electron chi connectivity index (χ4n) is 2.59. The Hall–Kier alpha value is -1.98. The molecule has 1 fully saturated rings. The van der Waals surface area contributed by atoms with E-state index in [-0.39, 0.29) is 18.5 Å². The molecule has 6 heteroatoms. The number of aryl methyl sites for hydroxylation is 1. The number of urea groups is 1. The van der Waals surface area contributed by atoms with E-state index < -0.39 is 5.97 Å². The number of aliphatic carboxylic acids is 1. The molecule has 110 valence electrons. The molecule has 20 heavy (non-hydrogen) atoms. The molecule has 0 aromatic carbocycles. The molecule has 0 spiro atoms. The monoisotopic (exact) mass is 280 g/mol. The topological polar surface area (TPSA) is 74.0 Å². The highest BCUT2D eigenvalue weighted by Crippen LogP contribution is 2.22. The predicted octanol–water partition coefficient (Wildman–Crippen LogP) is 2.08. The van der Waals surface area contributed by atoms with Crippen LogP contribution in [0.1, 0.15) is 30.8 Å². The highest BCUT2D eigenvalue weighted by molar-refractivity contribution is 5.76. The van der Waals surface area contributed by atoms with E-state index in [1.807, 2.05) is 19.1 Å². The summed E-state index contributed by atoms with van der Waals surface area (Å²) in [5.41, 5.74) is 0. The summed E-state index contributed by atoms with van der Waals surface area (Å²) < 4.78 is 5.45. The highest BCUT2D eigenvalue weighted by Gasteiger charge is 2.32. The van der Waals surface area contributed by atoms with Crippen molar-refractivity contribution in [3.05, 3.63) is 23.7 Å². The molecule has 0 saturated carbocycles. The molecule has 1 saturated heterocycles. The Balaban J connectivity index is 1.97. The number of likely N-dealkylation sites (tertiary alicyclic amines) is 1. The lowest BCUT2D eigenvalue weighted by Gasteiger charge is -2.28. The number of carboxylic acids is 1. The standard InChI is InChI=1S/C14H20N2O4/c1-10-5-6-12(20-10)9-15(2)14(19)16-7-3-4-11(16)8-13(17)18/h5-6,11H,3-4,7-9H2,1-2H3,(H,17,18). The van der Waals surface area contributed by atoms with Crippen LogP contribution in [0.25, 0.3) is 0 Å². The van der Waals surface area contributed by atoms with E-state index in [4.69, 9.17) is 9.52 Å². The van der Waals surface area contributed by atoms with Crippen molar-refractivity contribution < 1.29 is 19.1 Å². The van der Waals surface area contributed by atoms with Gasteiger partial charge in [0, 0.05) is 19.6 Å². The molecule has 1 atom stereocenters. The lowest BCUT2D eigenvalue weighted by atomic mass is 10.1. The molecular weight excluding hydrogens is 260 g/mol. The zero-order valence-corrected chi connectivity index (χ0v) is 11.8. The maximum atomic E-state index is 12.4. The predicted molar refractivity (Wildman–Crippen MR) is 72.3 cm³/mol. The molecule has 2 amide bonds. The van der Waals surface area contributed by atoms with E-state index in [0.717, 1.165) is 24.4 Å². The van der Waals surface area contributed by atoms with Gasteiger partial charge < -0.3 is 19.3 Å². The molecule has 1 aromatic heterocycles. The Labute approximate surface area is 118 Å². The quantitative estimate of drug-likeness (QED) is 0.916. The van der Waals surface area contributed by atoms with Crippen molar-refractivity contribution in [3.8, 4) is 0 Å². The Kier molecular flexibility index (Phi) is 4.32. The maximum Gasteiger partial charge on any atom is 0.320 e. The first-order chi connectivity index (χ1) is 9.47. The van der Waals surface area contributed by atoms with Gasteiger partial charge in [-0.1, -0.05) is 0 Å². The fourth-order valence-corrected chi connectivity index (χ4v) is 2.59. The van der Waals surface area contributed by atoms with Crippen LogP contribution in [0.3, 0.4) is 0 Å². The normalized spacial score (nSPS) is 18.3. The molecule has 2 rings (SSSR count). The van der Waals surface area contributed by atoms with Gasteiger partial charge in [-0.25, -0.2) is 4.79 Å². The second-order valence-electron chi connectivity index (χ2n) is 5.24. The van der Waals surface area contributed by atoms with Crippen molar-refractivity contribution in [2.24, 2.45) is 0 Å². The van der Waals surface area contributed by atoms with Crippen molar-refractivity contribution >= 4 is 12.0 Å². The first-order valence-electron chi connectivity index (χ1n) is 6.76. The van der Waals surface area contributed by atoms with Gasteiger partial charge in [0.25, 0.3) is 0 Å². The van der Waals surface area contributed by atoms with Gasteiger partial charge in [0.1, 0.15) is 11.5 Å². The number of nitrogens with zero attached hydrogens (tertiary/aromatic N) is 2. The van der Waals surface area contributed by atoms with Crippen molar-refractivity contribution in [2.75, 3.05) is 13.6 Å². The summed E-state index contributed by atoms with van der Waals surface area (Å²) in [6.45, 7) is 2.87. The van der Waals surface area contributed by atoms with Crippen molar-refractivity contribution in [1.82, 2.24) is 9.80 Å². The Bertz CT molecular complexity index is 497. The average Bonchev–Trinajstić information content (AvgIpc) is 2.97. The summed E-state index contributed by atoms with van der Waals surface area (Å²) in [5.74, 6) is 0.678. The van der Waals surface area contributed by atoms with E-state index >= 15 is 0 Å². The van der Waals surface area contributed by atoms with E-state index in [0.29, 0.717) is 13.1 Å². The number of hydrogen-bond donors (Lipinski definition) is 1. The number of furan rings is 1. The van der Waals surface area contributed by atoms with Gasteiger partial charge in [0.05, 0.1) is 13.0 Å². The van der Waals surface area contributed by atoms with Crippen molar-refractivity contribution in [2.45, 2.75) is 38.8 Å². The number of carbonyl (C=O) groups is 2. The minimum Gasteiger partial charge on any atom is -0.481 e. The van der Waals surface area contributed by atoms with Gasteiger partial charge in [-0.15, -0.1) is 0 Å². The third kappa shape index (κ3) is 3.31. The van der Waals surface area contributed by atoms with Crippen molar-refractivity contribution in [3.63, 3.8) is 0 Å². The second-order valence-corrected chi connectivity index (χ2v) is 5.24. The molecule has 1 N–H and O–H groups in total. The lowest BCUT2D eigenvalue weighted by Crippen LogP contribution is -2.44. The first kappa shape index (κ1) is 14.4. The fraction of sp³-hybridized carbons (Fsp3) is 0.571. The number of hydrogen-bond acceptors (Lipinski definition) is 3. The van der Waals surface area contributed by atoms with Gasteiger partial charge in [-0.2, -0.15) is 0 Å². The summed E-state index contributed by atoms with van der Waals surface area (Å²) in [6, 6.07) is 3.37. The number of carboxylic acid groups (broad SMARTS) is 1. The van der Waals surface area contributed by atoms with Gasteiger partial charge in [-0.3, -0.25) is 4.79 Å². The van der Waals surface area contributed by atoms with Crippen LogP contribution in [0, 0.1) is 6.92 Å². The van der Waals surface area contributed by atoms with E-state index in [1.54, 1.807) is 16.8 Å². The second kappa shape index (κ2) is 5.98. The largest absolute Gasteiger partial charge is 0.481 e. The number of rotatable bonds is 4. The summed E-state index contributed by atoms with van der Waals surface area (Å²) >= 11 is 0. The minimum atomic E-state index is -0.862. The maximum absolute atomic E-state index is 12.4. The van der Waals surface area contributed by atoms with Crippen LogP contribution < -0.4 is 0 Å². The molecule has 6 nitrogen and oxygen atoms in total. The van der Waals surface area contributed by atoms with Crippen LogP contribution in [0.2, 0.25) is 0 Å². The lowest BCUT2D eigenvalue weighted by molar-refractivity contribution is -0.138. The molecule has 2 heterocycles. The summed E-state index contributed by atoms with van der Waals surface area (Å²) in [5, 5.41) is 8.88. The molecule has 1 unspecified atom stereocenters. The number of amides is 2. The Morgan fingerprint density at radius 2 is 2.25 bits per heavy atom. The highest BCUT2D eigenvalue weighted by atomic mass is 16.4. The van der Waals surface area contributed by atoms with Gasteiger partial charge in [-0.05, 0) is 31.9 Å². The van der Waals surface area contributed by atoms with E-state index in [1.165, 1.54) is 0 Å². The van der Waals surface area contributed by atoms with Crippen LogP contribution in [-0.2, 0) is 11.3 Å². The van der Waals surface area contributed by atoms with Gasteiger partial charge in [0.15, 0.2) is 0 Å². The van der Waals surface area contributed by atoms with Gasteiger partial charge in [0.2, 0.25) is 0 Å². The zero-order valence-electron chi connectivity index (χ0n) is 11.8. The number of carbonyl (C=O) groups excluding carboxylic acids is 1. The smallest absolute Gasteiger partial charge is 0.320 e.